The molecule has 164 valence electrons. The van der Waals surface area contributed by atoms with E-state index in [9.17, 15) is 9.59 Å². The number of hydrogen-bond acceptors (Lipinski definition) is 4. The third-order valence-electron chi connectivity index (χ3n) is 6.33. The molecule has 0 aliphatic carbocycles. The van der Waals surface area contributed by atoms with Gasteiger partial charge in [0.2, 0.25) is 0 Å². The number of fused-ring (bicyclic) bond motifs is 1. The Bertz CT molecular complexity index is 913. The summed E-state index contributed by atoms with van der Waals surface area (Å²) in [5.74, 6) is 1.63. The third kappa shape index (κ3) is 4.92. The summed E-state index contributed by atoms with van der Waals surface area (Å²) in [5, 5.41) is 0. The lowest BCUT2D eigenvalue weighted by Crippen LogP contribution is -2.52. The van der Waals surface area contributed by atoms with Gasteiger partial charge in [0.1, 0.15) is 17.1 Å². The van der Waals surface area contributed by atoms with Crippen molar-refractivity contribution in [2.24, 2.45) is 0 Å². The minimum Gasteiger partial charge on any atom is -0.494 e. The molecule has 0 unspecified atom stereocenters. The van der Waals surface area contributed by atoms with E-state index in [1.54, 1.807) is 0 Å². The molecule has 0 atom stereocenters. The monoisotopic (exact) mass is 421 g/mol. The van der Waals surface area contributed by atoms with Gasteiger partial charge in [-0.3, -0.25) is 9.59 Å². The number of unbranched alkanes of at least 4 members (excludes halogenated alkanes) is 3. The summed E-state index contributed by atoms with van der Waals surface area (Å²) in [6, 6.07) is 14.9. The maximum absolute atomic E-state index is 13.0. The van der Waals surface area contributed by atoms with Gasteiger partial charge in [0.05, 0.1) is 18.6 Å². The fourth-order valence-electron chi connectivity index (χ4n) is 4.43. The van der Waals surface area contributed by atoms with Gasteiger partial charge < -0.3 is 14.4 Å². The number of carbonyl (C=O) groups excluding carboxylic acids is 2. The fourth-order valence-corrected chi connectivity index (χ4v) is 4.43. The van der Waals surface area contributed by atoms with Crippen LogP contribution in [0.3, 0.4) is 0 Å². The molecule has 1 fully saturated rings. The van der Waals surface area contributed by atoms with Gasteiger partial charge in [-0.05, 0) is 42.8 Å². The van der Waals surface area contributed by atoms with Crippen LogP contribution in [0.2, 0.25) is 0 Å². The molecule has 2 aliphatic heterocycles. The Morgan fingerprint density at radius 3 is 2.52 bits per heavy atom. The van der Waals surface area contributed by atoms with Crippen molar-refractivity contribution in [1.82, 2.24) is 4.90 Å². The maximum Gasteiger partial charge on any atom is 0.253 e. The lowest BCUT2D eigenvalue weighted by molar-refractivity contribution is -0.00570. The van der Waals surface area contributed by atoms with Crippen LogP contribution < -0.4 is 9.47 Å². The van der Waals surface area contributed by atoms with E-state index < -0.39 is 5.60 Å². The van der Waals surface area contributed by atoms with Crippen LogP contribution >= 0.6 is 0 Å². The first kappa shape index (κ1) is 21.4. The van der Waals surface area contributed by atoms with E-state index in [-0.39, 0.29) is 11.7 Å². The van der Waals surface area contributed by atoms with E-state index in [1.807, 2.05) is 53.4 Å². The number of ketones is 1. The van der Waals surface area contributed by atoms with E-state index >= 15 is 0 Å². The van der Waals surface area contributed by atoms with Gasteiger partial charge in [0.15, 0.2) is 5.78 Å². The summed E-state index contributed by atoms with van der Waals surface area (Å²) in [5.41, 5.74) is 0.845. The quantitative estimate of drug-likeness (QED) is 0.570. The first-order valence-electron chi connectivity index (χ1n) is 11.4. The van der Waals surface area contributed by atoms with Crippen molar-refractivity contribution >= 4 is 11.7 Å². The van der Waals surface area contributed by atoms with Crippen LogP contribution in [-0.4, -0.2) is 41.9 Å². The molecular formula is C26H31NO4. The highest BCUT2D eigenvalue weighted by molar-refractivity contribution is 6.00. The lowest BCUT2D eigenvalue weighted by atomic mass is 9.82. The van der Waals surface area contributed by atoms with E-state index in [4.69, 9.17) is 9.47 Å². The minimum atomic E-state index is -0.488. The molecule has 0 saturated carbocycles. The average Bonchev–Trinajstić information content (AvgIpc) is 2.79. The summed E-state index contributed by atoms with van der Waals surface area (Å²) >= 11 is 0. The third-order valence-corrected chi connectivity index (χ3v) is 6.33. The SMILES string of the molecule is CCCCCCOc1ccc(C(=O)N2CCC3(CC2)CC(=O)c2ccccc2O3)cc1. The number of hydrogen-bond donors (Lipinski definition) is 0. The largest absolute Gasteiger partial charge is 0.494 e. The molecular weight excluding hydrogens is 390 g/mol. The van der Waals surface area contributed by atoms with Crippen LogP contribution in [0.1, 0.15) is 72.6 Å². The predicted molar refractivity (Wildman–Crippen MR) is 120 cm³/mol. The predicted octanol–water partition coefficient (Wildman–Crippen LogP) is 5.29. The Hall–Kier alpha value is -2.82. The highest BCUT2D eigenvalue weighted by Crippen LogP contribution is 2.39. The summed E-state index contributed by atoms with van der Waals surface area (Å²) < 4.78 is 12.0. The molecule has 2 aromatic rings. The second kappa shape index (κ2) is 9.54. The molecule has 0 bridgehead atoms. The number of benzene rings is 2. The fraction of sp³-hybridized carbons (Fsp3) is 0.462. The number of ether oxygens (including phenoxy) is 2. The Morgan fingerprint density at radius 2 is 1.77 bits per heavy atom. The van der Waals surface area contributed by atoms with Crippen LogP contribution in [-0.2, 0) is 0 Å². The summed E-state index contributed by atoms with van der Waals surface area (Å²) in [6.45, 7) is 4.08. The molecule has 2 heterocycles. The first-order valence-corrected chi connectivity index (χ1v) is 11.4. The Morgan fingerprint density at radius 1 is 1.03 bits per heavy atom. The Labute approximate surface area is 184 Å². The zero-order valence-electron chi connectivity index (χ0n) is 18.3. The van der Waals surface area contributed by atoms with Gasteiger partial charge >= 0.3 is 0 Å². The summed E-state index contributed by atoms with van der Waals surface area (Å²) in [4.78, 5) is 27.4. The van der Waals surface area contributed by atoms with Gasteiger partial charge in [0.25, 0.3) is 5.91 Å². The smallest absolute Gasteiger partial charge is 0.253 e. The zero-order valence-corrected chi connectivity index (χ0v) is 18.3. The number of Topliss-reactive ketones (excluding diaryl/α,β-unsaturated/α-hetero) is 1. The summed E-state index contributed by atoms with van der Waals surface area (Å²) in [6.07, 6.45) is 6.40. The van der Waals surface area contributed by atoms with Gasteiger partial charge in [-0.1, -0.05) is 38.3 Å². The number of likely N-dealkylation sites (tertiary alicyclic amines) is 1. The number of para-hydroxylation sites is 1. The average molecular weight is 422 g/mol. The molecule has 0 aromatic heterocycles. The highest BCUT2D eigenvalue weighted by atomic mass is 16.5. The van der Waals surface area contributed by atoms with Crippen molar-refractivity contribution in [1.29, 1.82) is 0 Å². The van der Waals surface area contributed by atoms with Gasteiger partial charge in [-0.25, -0.2) is 0 Å². The number of carbonyl (C=O) groups is 2. The standard InChI is InChI=1S/C26H31NO4/c1-2-3-4-7-18-30-21-12-10-20(11-13-21)25(29)27-16-14-26(15-17-27)19-23(28)22-8-5-6-9-24(22)31-26/h5-6,8-13H,2-4,7,14-19H2,1H3. The number of nitrogens with zero attached hydrogens (tertiary/aromatic N) is 1. The van der Waals surface area contributed by atoms with Crippen LogP contribution in [0, 0.1) is 0 Å². The van der Waals surface area contributed by atoms with Crippen molar-refractivity contribution in [3.8, 4) is 11.5 Å². The van der Waals surface area contributed by atoms with Crippen LogP contribution in [0.15, 0.2) is 48.5 Å². The Balaban J connectivity index is 1.31. The number of piperidine rings is 1. The first-order chi connectivity index (χ1) is 15.1. The molecule has 4 rings (SSSR count). The second-order valence-corrected chi connectivity index (χ2v) is 8.61. The maximum atomic E-state index is 13.0. The molecule has 0 N–H and O–H groups in total. The van der Waals surface area contributed by atoms with Crippen LogP contribution in [0.25, 0.3) is 0 Å². The van der Waals surface area contributed by atoms with Crippen LogP contribution in [0.4, 0.5) is 0 Å². The van der Waals surface area contributed by atoms with Crippen molar-refractivity contribution < 1.29 is 19.1 Å². The number of rotatable bonds is 7. The molecule has 2 aliphatic rings. The van der Waals surface area contributed by atoms with E-state index in [1.165, 1.54) is 19.3 Å². The molecule has 5 nitrogen and oxygen atoms in total. The Kier molecular flexibility index (Phi) is 6.59. The van der Waals surface area contributed by atoms with Crippen molar-refractivity contribution in [2.75, 3.05) is 19.7 Å². The van der Waals surface area contributed by atoms with Crippen molar-refractivity contribution in [3.63, 3.8) is 0 Å². The van der Waals surface area contributed by atoms with Gasteiger partial charge in [-0.15, -0.1) is 0 Å². The molecule has 31 heavy (non-hydrogen) atoms. The molecule has 1 amide bonds. The van der Waals surface area contributed by atoms with E-state index in [0.717, 1.165) is 12.2 Å². The molecule has 1 spiro atoms. The second-order valence-electron chi connectivity index (χ2n) is 8.61. The zero-order chi connectivity index (χ0) is 21.7. The van der Waals surface area contributed by atoms with Crippen molar-refractivity contribution in [2.45, 2.75) is 57.5 Å². The lowest BCUT2D eigenvalue weighted by Gasteiger charge is -2.44. The van der Waals surface area contributed by atoms with E-state index in [0.29, 0.717) is 55.8 Å². The van der Waals surface area contributed by atoms with Crippen LogP contribution in [0.5, 0.6) is 11.5 Å². The minimum absolute atomic E-state index is 0.0203. The van der Waals surface area contributed by atoms with Gasteiger partial charge in [-0.2, -0.15) is 0 Å². The summed E-state index contributed by atoms with van der Waals surface area (Å²) in [7, 11) is 0. The van der Waals surface area contributed by atoms with E-state index in [2.05, 4.69) is 6.92 Å². The van der Waals surface area contributed by atoms with Crippen molar-refractivity contribution in [3.05, 3.63) is 59.7 Å². The molecule has 5 heteroatoms. The molecule has 1 saturated heterocycles. The van der Waals surface area contributed by atoms with Gasteiger partial charge in [0, 0.05) is 31.5 Å². The molecule has 2 aromatic carbocycles. The number of amides is 1. The highest BCUT2D eigenvalue weighted by Gasteiger charge is 2.43. The molecule has 0 radical (unpaired) electrons. The topological polar surface area (TPSA) is 55.8 Å². The normalized spacial score (nSPS) is 17.2.